The zero-order chi connectivity index (χ0) is 18.8. The molecule has 0 aliphatic heterocycles. The van der Waals surface area contributed by atoms with E-state index in [1.165, 1.54) is 18.2 Å². The summed E-state index contributed by atoms with van der Waals surface area (Å²) < 4.78 is 37.0. The molecule has 0 saturated carbocycles. The molecule has 0 aliphatic carbocycles. The van der Waals surface area contributed by atoms with Gasteiger partial charge < -0.3 is 26.0 Å². The van der Waals surface area contributed by atoms with Gasteiger partial charge in [0, 0.05) is 5.56 Å². The highest BCUT2D eigenvalue weighted by Gasteiger charge is 2.39. The summed E-state index contributed by atoms with van der Waals surface area (Å²) in [7, 11) is 0. The molecule has 2 rings (SSSR count). The maximum absolute atomic E-state index is 12.3. The number of rotatable bonds is 3. The number of para-hydroxylation sites is 2. The number of anilines is 2. The number of amides is 2. The molecule has 0 aromatic heterocycles. The van der Waals surface area contributed by atoms with Crippen LogP contribution in [0.5, 0.6) is 17.2 Å². The maximum Gasteiger partial charge on any atom is 0.471 e. The van der Waals surface area contributed by atoms with Crippen molar-refractivity contribution in [3.63, 3.8) is 0 Å². The van der Waals surface area contributed by atoms with Crippen LogP contribution in [0.25, 0.3) is 0 Å². The van der Waals surface area contributed by atoms with E-state index in [4.69, 9.17) is 0 Å². The third-order valence-electron chi connectivity index (χ3n) is 3.01. The van der Waals surface area contributed by atoms with E-state index in [9.17, 15) is 38.1 Å². The number of hydrogen-bond acceptors (Lipinski definition) is 5. The van der Waals surface area contributed by atoms with Crippen LogP contribution >= 0.6 is 0 Å². The summed E-state index contributed by atoms with van der Waals surface area (Å²) in [6.07, 6.45) is -5.11. The van der Waals surface area contributed by atoms with Gasteiger partial charge in [-0.2, -0.15) is 13.2 Å². The number of halogens is 3. The van der Waals surface area contributed by atoms with Gasteiger partial charge in [0.05, 0.1) is 11.4 Å². The minimum absolute atomic E-state index is 0.142. The molecule has 7 nitrogen and oxygen atoms in total. The predicted molar refractivity (Wildman–Crippen MR) is 80.5 cm³/mol. The molecule has 0 saturated heterocycles. The number of carbonyl (C=O) groups excluding carboxylic acids is 2. The standard InChI is InChI=1S/C15H11F3N2O5/c16-15(17,18)14(25)20-9-4-2-1-3-8(9)19-13(24)7-5-10(21)12(23)11(22)6-7/h1-6,21-23H,(H,19,24)(H,20,25). The average Bonchev–Trinajstić information content (AvgIpc) is 2.52. The Morgan fingerprint density at radius 1 is 0.880 bits per heavy atom. The van der Waals surface area contributed by atoms with Gasteiger partial charge in [0.15, 0.2) is 17.2 Å². The summed E-state index contributed by atoms with van der Waals surface area (Å²) in [4.78, 5) is 23.1. The summed E-state index contributed by atoms with van der Waals surface area (Å²) >= 11 is 0. The van der Waals surface area contributed by atoms with E-state index in [0.29, 0.717) is 0 Å². The molecule has 0 atom stereocenters. The highest BCUT2D eigenvalue weighted by Crippen LogP contribution is 2.35. The monoisotopic (exact) mass is 356 g/mol. The van der Waals surface area contributed by atoms with Gasteiger partial charge in [0.2, 0.25) is 0 Å². The van der Waals surface area contributed by atoms with Crippen molar-refractivity contribution in [2.24, 2.45) is 0 Å². The SMILES string of the molecule is O=C(Nc1ccccc1NC(=O)C(F)(F)F)c1cc(O)c(O)c(O)c1. The fourth-order valence-corrected chi connectivity index (χ4v) is 1.82. The Kier molecular flexibility index (Phi) is 4.72. The van der Waals surface area contributed by atoms with E-state index >= 15 is 0 Å². The lowest BCUT2D eigenvalue weighted by molar-refractivity contribution is -0.167. The summed E-state index contributed by atoms with van der Waals surface area (Å²) in [6, 6.07) is 6.84. The molecule has 2 amide bonds. The lowest BCUT2D eigenvalue weighted by atomic mass is 10.1. The number of phenols is 3. The van der Waals surface area contributed by atoms with E-state index < -0.39 is 35.2 Å². The van der Waals surface area contributed by atoms with Gasteiger partial charge >= 0.3 is 12.1 Å². The Bertz CT molecular complexity index is 813. The van der Waals surface area contributed by atoms with Crippen molar-refractivity contribution in [2.75, 3.05) is 10.6 Å². The second-order valence-corrected chi connectivity index (χ2v) is 4.81. The van der Waals surface area contributed by atoms with Crippen LogP contribution in [0.3, 0.4) is 0 Å². The fourth-order valence-electron chi connectivity index (χ4n) is 1.82. The lowest BCUT2D eigenvalue weighted by Crippen LogP contribution is -2.30. The molecule has 0 heterocycles. The summed E-state index contributed by atoms with van der Waals surface area (Å²) in [5.41, 5.74) is -0.715. The Balaban J connectivity index is 2.26. The topological polar surface area (TPSA) is 119 Å². The zero-order valence-corrected chi connectivity index (χ0v) is 12.3. The molecular formula is C15H11F3N2O5. The number of alkyl halides is 3. The van der Waals surface area contributed by atoms with Crippen LogP contribution in [0.15, 0.2) is 36.4 Å². The highest BCUT2D eigenvalue weighted by atomic mass is 19.4. The van der Waals surface area contributed by atoms with Crippen LogP contribution < -0.4 is 10.6 Å². The minimum atomic E-state index is -5.11. The molecule has 132 valence electrons. The molecule has 5 N–H and O–H groups in total. The largest absolute Gasteiger partial charge is 0.504 e. The Morgan fingerprint density at radius 3 is 1.84 bits per heavy atom. The quantitative estimate of drug-likeness (QED) is 0.542. The van der Waals surface area contributed by atoms with Gasteiger partial charge in [-0.15, -0.1) is 0 Å². The second kappa shape index (κ2) is 6.59. The molecule has 0 bridgehead atoms. The second-order valence-electron chi connectivity index (χ2n) is 4.81. The van der Waals surface area contributed by atoms with Crippen LogP contribution in [-0.4, -0.2) is 33.3 Å². The zero-order valence-electron chi connectivity index (χ0n) is 12.3. The van der Waals surface area contributed by atoms with Gasteiger partial charge in [-0.05, 0) is 24.3 Å². The minimum Gasteiger partial charge on any atom is -0.504 e. The third-order valence-corrected chi connectivity index (χ3v) is 3.01. The number of hydrogen-bond donors (Lipinski definition) is 5. The van der Waals surface area contributed by atoms with Crippen LogP contribution in [-0.2, 0) is 4.79 Å². The van der Waals surface area contributed by atoms with Crippen LogP contribution in [0.1, 0.15) is 10.4 Å². The van der Waals surface area contributed by atoms with Crippen LogP contribution in [0.2, 0.25) is 0 Å². The maximum atomic E-state index is 12.3. The van der Waals surface area contributed by atoms with Crippen molar-refractivity contribution in [2.45, 2.75) is 6.18 Å². The van der Waals surface area contributed by atoms with Crippen LogP contribution in [0, 0.1) is 0 Å². The first-order chi connectivity index (χ1) is 11.6. The predicted octanol–water partition coefficient (Wildman–Crippen LogP) is 2.56. The van der Waals surface area contributed by atoms with E-state index in [0.717, 1.165) is 18.2 Å². The average molecular weight is 356 g/mol. The number of aromatic hydroxyl groups is 3. The van der Waals surface area contributed by atoms with Gasteiger partial charge in [-0.3, -0.25) is 9.59 Å². The molecule has 0 radical (unpaired) electrons. The summed E-state index contributed by atoms with van der Waals surface area (Å²) in [5, 5.41) is 31.9. The van der Waals surface area contributed by atoms with E-state index in [1.54, 1.807) is 5.32 Å². The molecule has 0 fully saturated rings. The number of carbonyl (C=O) groups is 2. The molecule has 0 aliphatic rings. The van der Waals surface area contributed by atoms with Gasteiger partial charge in [0.25, 0.3) is 5.91 Å². The Labute approximate surface area is 138 Å². The lowest BCUT2D eigenvalue weighted by Gasteiger charge is -2.13. The summed E-state index contributed by atoms with van der Waals surface area (Å²) in [5.74, 6) is -5.46. The molecular weight excluding hydrogens is 345 g/mol. The summed E-state index contributed by atoms with van der Waals surface area (Å²) in [6.45, 7) is 0. The Morgan fingerprint density at radius 2 is 1.36 bits per heavy atom. The van der Waals surface area contributed by atoms with Crippen LogP contribution in [0.4, 0.5) is 24.5 Å². The molecule has 25 heavy (non-hydrogen) atoms. The van der Waals surface area contributed by atoms with E-state index in [1.807, 2.05) is 0 Å². The number of benzene rings is 2. The first kappa shape index (κ1) is 17.9. The molecule has 2 aromatic carbocycles. The smallest absolute Gasteiger partial charge is 0.471 e. The van der Waals surface area contributed by atoms with Crippen molar-refractivity contribution >= 4 is 23.2 Å². The van der Waals surface area contributed by atoms with Crippen molar-refractivity contribution < 1.29 is 38.1 Å². The van der Waals surface area contributed by atoms with Crippen molar-refractivity contribution in [3.8, 4) is 17.2 Å². The first-order valence-corrected chi connectivity index (χ1v) is 6.63. The normalized spacial score (nSPS) is 11.0. The first-order valence-electron chi connectivity index (χ1n) is 6.63. The highest BCUT2D eigenvalue weighted by molar-refractivity contribution is 6.08. The Hall–Kier alpha value is -3.43. The van der Waals surface area contributed by atoms with Crippen molar-refractivity contribution in [1.82, 2.24) is 0 Å². The van der Waals surface area contributed by atoms with Gasteiger partial charge in [0.1, 0.15) is 0 Å². The van der Waals surface area contributed by atoms with Gasteiger partial charge in [-0.25, -0.2) is 0 Å². The van der Waals surface area contributed by atoms with E-state index in [2.05, 4.69) is 5.32 Å². The van der Waals surface area contributed by atoms with Crippen molar-refractivity contribution in [1.29, 1.82) is 0 Å². The van der Waals surface area contributed by atoms with Gasteiger partial charge in [-0.1, -0.05) is 12.1 Å². The number of phenolic OH excluding ortho intramolecular Hbond substituents is 3. The third kappa shape index (κ3) is 4.10. The molecule has 0 unspecified atom stereocenters. The molecule has 0 spiro atoms. The fraction of sp³-hybridized carbons (Fsp3) is 0.0667. The molecule has 10 heteroatoms. The number of nitrogens with one attached hydrogen (secondary N) is 2. The van der Waals surface area contributed by atoms with Crippen molar-refractivity contribution in [3.05, 3.63) is 42.0 Å². The van der Waals surface area contributed by atoms with E-state index in [-0.39, 0.29) is 16.9 Å². The molecule has 2 aromatic rings.